The topological polar surface area (TPSA) is 46.4 Å². The fourth-order valence-electron chi connectivity index (χ4n) is 2.49. The van der Waals surface area contributed by atoms with Crippen LogP contribution in [0.4, 0.5) is 13.2 Å². The summed E-state index contributed by atoms with van der Waals surface area (Å²) in [5, 5.41) is 2.69. The summed E-state index contributed by atoms with van der Waals surface area (Å²) in [6, 6.07) is 8.04. The Hall–Kier alpha value is -2.83. The molecule has 0 unspecified atom stereocenters. The third-order valence-electron chi connectivity index (χ3n) is 3.79. The maximum Gasteiger partial charge on any atom is 0.416 e. The minimum atomic E-state index is -4.41. The highest BCUT2D eigenvalue weighted by Gasteiger charge is 2.30. The second-order valence-corrected chi connectivity index (χ2v) is 5.79. The lowest BCUT2D eigenvalue weighted by Crippen LogP contribution is -2.25. The van der Waals surface area contributed by atoms with Crippen LogP contribution >= 0.6 is 0 Å². The minimum absolute atomic E-state index is 0.193. The average molecular weight is 347 g/mol. The molecule has 1 aromatic carbocycles. The van der Waals surface area contributed by atoms with Gasteiger partial charge < -0.3 is 9.72 Å². The molecule has 0 aliphatic carbocycles. The molecule has 25 heavy (non-hydrogen) atoms. The Bertz CT molecular complexity index is 898. The lowest BCUT2D eigenvalue weighted by atomic mass is 10.1. The van der Waals surface area contributed by atoms with Crippen LogP contribution in [0.5, 0.6) is 0 Å². The number of amides is 1. The summed E-state index contributed by atoms with van der Waals surface area (Å²) in [4.78, 5) is 16.4. The van der Waals surface area contributed by atoms with E-state index in [-0.39, 0.29) is 5.56 Å². The van der Waals surface area contributed by atoms with E-state index in [1.165, 1.54) is 12.1 Å². The standard InChI is InChI=1S/C18H16F3N3O/c1-12-2-7-16-23-15(11-24(16)10-12)8-9-22-17(25)13-3-5-14(6-4-13)18(19,20)21/h2-7,10-11H,8-9H2,1H3,(H,22,25). The summed E-state index contributed by atoms with van der Waals surface area (Å²) in [5.41, 5.74) is 2.20. The van der Waals surface area contributed by atoms with Crippen molar-refractivity contribution in [3.63, 3.8) is 0 Å². The summed E-state index contributed by atoms with van der Waals surface area (Å²) >= 11 is 0. The Morgan fingerprint density at radius 3 is 2.52 bits per heavy atom. The highest BCUT2D eigenvalue weighted by atomic mass is 19.4. The Balaban J connectivity index is 1.58. The number of pyridine rings is 1. The van der Waals surface area contributed by atoms with Crippen molar-refractivity contribution in [1.82, 2.24) is 14.7 Å². The van der Waals surface area contributed by atoms with Gasteiger partial charge in [-0.05, 0) is 42.8 Å². The lowest BCUT2D eigenvalue weighted by molar-refractivity contribution is -0.137. The lowest BCUT2D eigenvalue weighted by Gasteiger charge is -2.08. The van der Waals surface area contributed by atoms with Crippen LogP contribution in [-0.2, 0) is 12.6 Å². The van der Waals surface area contributed by atoms with Crippen LogP contribution in [0.25, 0.3) is 5.65 Å². The number of fused-ring (bicyclic) bond motifs is 1. The van der Waals surface area contributed by atoms with Crippen molar-refractivity contribution in [2.45, 2.75) is 19.5 Å². The molecule has 2 heterocycles. The minimum Gasteiger partial charge on any atom is -0.352 e. The molecule has 0 saturated heterocycles. The van der Waals surface area contributed by atoms with Gasteiger partial charge in [0.25, 0.3) is 5.91 Å². The zero-order chi connectivity index (χ0) is 18.0. The van der Waals surface area contributed by atoms with Gasteiger partial charge >= 0.3 is 6.18 Å². The first-order chi connectivity index (χ1) is 11.8. The van der Waals surface area contributed by atoms with Gasteiger partial charge in [-0.25, -0.2) is 4.98 Å². The van der Waals surface area contributed by atoms with Crippen LogP contribution in [0.1, 0.15) is 27.2 Å². The van der Waals surface area contributed by atoms with Crippen molar-refractivity contribution < 1.29 is 18.0 Å². The molecule has 3 rings (SSSR count). The van der Waals surface area contributed by atoms with Crippen molar-refractivity contribution in [1.29, 1.82) is 0 Å². The van der Waals surface area contributed by atoms with Crippen LogP contribution in [0.3, 0.4) is 0 Å². The van der Waals surface area contributed by atoms with Gasteiger partial charge in [0.05, 0.1) is 11.3 Å². The number of hydrogen-bond acceptors (Lipinski definition) is 2. The molecule has 130 valence electrons. The predicted molar refractivity (Wildman–Crippen MR) is 87.4 cm³/mol. The molecule has 0 saturated carbocycles. The maximum atomic E-state index is 12.5. The van der Waals surface area contributed by atoms with Gasteiger partial charge in [0.1, 0.15) is 5.65 Å². The number of hydrogen-bond donors (Lipinski definition) is 1. The van der Waals surface area contributed by atoms with E-state index in [4.69, 9.17) is 0 Å². The number of aryl methyl sites for hydroxylation is 1. The summed E-state index contributed by atoms with van der Waals surface area (Å²) in [5.74, 6) is -0.409. The van der Waals surface area contributed by atoms with Crippen molar-refractivity contribution in [3.05, 3.63) is 71.2 Å². The number of benzene rings is 1. The smallest absolute Gasteiger partial charge is 0.352 e. The number of halogens is 3. The van der Waals surface area contributed by atoms with Crippen LogP contribution < -0.4 is 5.32 Å². The first-order valence-corrected chi connectivity index (χ1v) is 7.72. The summed E-state index contributed by atoms with van der Waals surface area (Å²) < 4.78 is 39.5. The number of imidazole rings is 1. The molecule has 4 nitrogen and oxygen atoms in total. The SMILES string of the molecule is Cc1ccc2nc(CCNC(=O)c3ccc(C(F)(F)F)cc3)cn2c1. The molecule has 1 amide bonds. The summed E-state index contributed by atoms with van der Waals surface area (Å²) in [6.45, 7) is 2.34. The van der Waals surface area contributed by atoms with Crippen molar-refractivity contribution in [3.8, 4) is 0 Å². The number of nitrogens with zero attached hydrogens (tertiary/aromatic N) is 2. The van der Waals surface area contributed by atoms with Gasteiger partial charge in [0, 0.05) is 30.9 Å². The van der Waals surface area contributed by atoms with Gasteiger partial charge in [0.15, 0.2) is 0 Å². The van der Waals surface area contributed by atoms with E-state index in [1.807, 2.05) is 35.9 Å². The second kappa shape index (κ2) is 6.58. The van der Waals surface area contributed by atoms with Crippen LogP contribution in [0.15, 0.2) is 48.8 Å². The van der Waals surface area contributed by atoms with E-state index < -0.39 is 17.6 Å². The van der Waals surface area contributed by atoms with E-state index in [0.717, 1.165) is 29.0 Å². The van der Waals surface area contributed by atoms with Crippen molar-refractivity contribution in [2.24, 2.45) is 0 Å². The molecule has 3 aromatic rings. The Morgan fingerprint density at radius 1 is 1.12 bits per heavy atom. The first-order valence-electron chi connectivity index (χ1n) is 7.72. The molecular formula is C18H16F3N3O. The van der Waals surface area contributed by atoms with Gasteiger partial charge in [0.2, 0.25) is 0 Å². The Labute approximate surface area is 142 Å². The van der Waals surface area contributed by atoms with Crippen molar-refractivity contribution in [2.75, 3.05) is 6.54 Å². The first kappa shape index (κ1) is 17.0. The number of aromatic nitrogens is 2. The third kappa shape index (κ3) is 3.99. The molecule has 0 aliphatic heterocycles. The van der Waals surface area contributed by atoms with E-state index in [9.17, 15) is 18.0 Å². The number of rotatable bonds is 4. The van der Waals surface area contributed by atoms with Gasteiger partial charge in [-0.2, -0.15) is 13.2 Å². The molecule has 0 bridgehead atoms. The highest BCUT2D eigenvalue weighted by molar-refractivity contribution is 5.94. The second-order valence-electron chi connectivity index (χ2n) is 5.79. The van der Waals surface area contributed by atoms with Gasteiger partial charge in [-0.3, -0.25) is 4.79 Å². The molecule has 7 heteroatoms. The summed E-state index contributed by atoms with van der Waals surface area (Å²) in [7, 11) is 0. The number of carbonyl (C=O) groups is 1. The quantitative estimate of drug-likeness (QED) is 0.783. The van der Waals surface area contributed by atoms with Gasteiger partial charge in [-0.1, -0.05) is 6.07 Å². The molecule has 0 aliphatic rings. The van der Waals surface area contributed by atoms with Crippen LogP contribution in [-0.4, -0.2) is 21.8 Å². The van der Waals surface area contributed by atoms with Crippen molar-refractivity contribution >= 4 is 11.6 Å². The highest BCUT2D eigenvalue weighted by Crippen LogP contribution is 2.29. The monoisotopic (exact) mass is 347 g/mol. The fourth-order valence-corrected chi connectivity index (χ4v) is 2.49. The third-order valence-corrected chi connectivity index (χ3v) is 3.79. The normalized spacial score (nSPS) is 11.7. The zero-order valence-electron chi connectivity index (χ0n) is 13.5. The van der Waals surface area contributed by atoms with E-state index in [2.05, 4.69) is 10.3 Å². The molecule has 0 atom stereocenters. The predicted octanol–water partition coefficient (Wildman–Crippen LogP) is 3.63. The molecule has 1 N–H and O–H groups in total. The van der Waals surface area contributed by atoms with Gasteiger partial charge in [-0.15, -0.1) is 0 Å². The molecule has 2 aromatic heterocycles. The average Bonchev–Trinajstić information content (AvgIpc) is 2.96. The molecule has 0 radical (unpaired) electrons. The van der Waals surface area contributed by atoms with E-state index >= 15 is 0 Å². The maximum absolute atomic E-state index is 12.5. The van der Waals surface area contributed by atoms with E-state index in [0.29, 0.717) is 13.0 Å². The van der Waals surface area contributed by atoms with E-state index in [1.54, 1.807) is 0 Å². The van der Waals surface area contributed by atoms with Crippen LogP contribution in [0.2, 0.25) is 0 Å². The molecule has 0 fully saturated rings. The largest absolute Gasteiger partial charge is 0.416 e. The number of carbonyl (C=O) groups excluding carboxylic acids is 1. The zero-order valence-corrected chi connectivity index (χ0v) is 13.5. The number of alkyl halides is 3. The summed E-state index contributed by atoms with van der Waals surface area (Å²) in [6.07, 6.45) is -0.0111. The fraction of sp³-hybridized carbons (Fsp3) is 0.222. The number of nitrogens with one attached hydrogen (secondary N) is 1. The Kier molecular flexibility index (Phi) is 4.48. The molecule has 0 spiro atoms. The van der Waals surface area contributed by atoms with Crippen LogP contribution in [0, 0.1) is 6.92 Å². The Morgan fingerprint density at radius 2 is 1.84 bits per heavy atom. The molecular weight excluding hydrogens is 331 g/mol.